The maximum atomic E-state index is 4.91. The topological polar surface area (TPSA) is 87.3 Å². The van der Waals surface area contributed by atoms with E-state index in [9.17, 15) is 0 Å². The number of hydrogen-bond acceptors (Lipinski definition) is 4. The molecule has 42 valence electrons. The Hall–Kier alpha value is -0.580. The number of hydrogen-bond donors (Lipinski definition) is 3. The molecule has 0 spiro atoms. The van der Waals surface area contributed by atoms with Gasteiger partial charge in [0.05, 0.1) is 6.26 Å². The van der Waals surface area contributed by atoms with E-state index in [0.29, 0.717) is 0 Å². The standard InChI is InChI=1S/C3H9N3O/c1-2-7-3(4,5)6/h2H,1,4-6H2. The summed E-state index contributed by atoms with van der Waals surface area (Å²) in [6.45, 7) is 3.18. The Labute approximate surface area is 41.9 Å². The Bertz CT molecular complexity index is 65.1. The second kappa shape index (κ2) is 1.92. The van der Waals surface area contributed by atoms with Gasteiger partial charge in [0, 0.05) is 0 Å². The minimum Gasteiger partial charge on any atom is -0.455 e. The van der Waals surface area contributed by atoms with Crippen LogP contribution >= 0.6 is 0 Å². The third-order valence-electron chi connectivity index (χ3n) is 0.287. The zero-order valence-corrected chi connectivity index (χ0v) is 3.92. The minimum absolute atomic E-state index is 1.08. The van der Waals surface area contributed by atoms with E-state index in [0.717, 1.165) is 6.26 Å². The number of ether oxygens (including phenoxy) is 1. The van der Waals surface area contributed by atoms with Gasteiger partial charge in [-0.3, -0.25) is 17.2 Å². The zero-order valence-electron chi connectivity index (χ0n) is 3.92. The molecule has 0 rings (SSSR count). The Morgan fingerprint density at radius 3 is 1.86 bits per heavy atom. The highest BCUT2D eigenvalue weighted by Gasteiger charge is 2.07. The summed E-state index contributed by atoms with van der Waals surface area (Å²) in [6, 6.07) is 0. The molecule has 7 heavy (non-hydrogen) atoms. The van der Waals surface area contributed by atoms with Crippen LogP contribution in [0.2, 0.25) is 0 Å². The molecule has 0 saturated heterocycles. The van der Waals surface area contributed by atoms with Crippen LogP contribution in [0.3, 0.4) is 0 Å². The molecule has 0 saturated carbocycles. The molecule has 0 aliphatic heterocycles. The van der Waals surface area contributed by atoms with Crippen molar-refractivity contribution in [2.24, 2.45) is 17.2 Å². The molecule has 0 aliphatic rings. The highest BCUT2D eigenvalue weighted by Crippen LogP contribution is 1.78. The SMILES string of the molecule is C=COC(N)(N)N. The summed E-state index contributed by atoms with van der Waals surface area (Å²) in [5.74, 6) is -1.57. The molecule has 0 unspecified atom stereocenters. The van der Waals surface area contributed by atoms with Crippen LogP contribution in [0, 0.1) is 0 Å². The van der Waals surface area contributed by atoms with Crippen LogP contribution in [-0.2, 0) is 4.74 Å². The fourth-order valence-electron chi connectivity index (χ4n) is 0.144. The minimum atomic E-state index is -1.57. The van der Waals surface area contributed by atoms with Gasteiger partial charge in [0.25, 0.3) is 5.97 Å². The Balaban J connectivity index is 3.34. The maximum absolute atomic E-state index is 4.91. The largest absolute Gasteiger partial charge is 0.455 e. The van der Waals surface area contributed by atoms with E-state index in [1.54, 1.807) is 0 Å². The fourth-order valence-corrected chi connectivity index (χ4v) is 0.144. The smallest absolute Gasteiger partial charge is 0.270 e. The summed E-state index contributed by atoms with van der Waals surface area (Å²) in [4.78, 5) is 0. The summed E-state index contributed by atoms with van der Waals surface area (Å²) in [5.41, 5.74) is 14.7. The lowest BCUT2D eigenvalue weighted by molar-refractivity contribution is 0.0408. The van der Waals surface area contributed by atoms with Crippen molar-refractivity contribution in [3.8, 4) is 0 Å². The molecule has 0 aliphatic carbocycles. The quantitative estimate of drug-likeness (QED) is 0.297. The molecular formula is C3H9N3O. The van der Waals surface area contributed by atoms with Crippen molar-refractivity contribution >= 4 is 0 Å². The Kier molecular flexibility index (Phi) is 1.76. The highest BCUT2D eigenvalue weighted by atomic mass is 16.5. The van der Waals surface area contributed by atoms with Gasteiger partial charge in [-0.15, -0.1) is 0 Å². The average Bonchev–Trinajstić information content (AvgIpc) is 1.30. The van der Waals surface area contributed by atoms with Gasteiger partial charge in [0.2, 0.25) is 0 Å². The highest BCUT2D eigenvalue weighted by molar-refractivity contribution is 4.58. The van der Waals surface area contributed by atoms with Crippen molar-refractivity contribution in [1.29, 1.82) is 0 Å². The first-order chi connectivity index (χ1) is 3.06. The van der Waals surface area contributed by atoms with Gasteiger partial charge in [0.15, 0.2) is 0 Å². The van der Waals surface area contributed by atoms with Gasteiger partial charge in [-0.25, -0.2) is 0 Å². The monoisotopic (exact) mass is 103 g/mol. The molecule has 0 aromatic carbocycles. The fraction of sp³-hybridized carbons (Fsp3) is 0.333. The lowest BCUT2D eigenvalue weighted by atomic mass is 10.8. The van der Waals surface area contributed by atoms with Gasteiger partial charge >= 0.3 is 0 Å². The predicted octanol–water partition coefficient (Wildman–Crippen LogP) is -1.37. The molecule has 6 N–H and O–H groups in total. The van der Waals surface area contributed by atoms with E-state index in [-0.39, 0.29) is 0 Å². The van der Waals surface area contributed by atoms with Crippen molar-refractivity contribution < 1.29 is 4.74 Å². The summed E-state index contributed by atoms with van der Waals surface area (Å²) >= 11 is 0. The van der Waals surface area contributed by atoms with E-state index in [1.165, 1.54) is 0 Å². The first kappa shape index (κ1) is 6.42. The second-order valence-corrected chi connectivity index (χ2v) is 1.14. The Morgan fingerprint density at radius 2 is 1.86 bits per heavy atom. The predicted molar refractivity (Wildman–Crippen MR) is 26.6 cm³/mol. The summed E-state index contributed by atoms with van der Waals surface area (Å²) in [7, 11) is 0. The summed E-state index contributed by atoms with van der Waals surface area (Å²) < 4.78 is 4.33. The molecule has 0 fully saturated rings. The van der Waals surface area contributed by atoms with Crippen molar-refractivity contribution in [3.63, 3.8) is 0 Å². The van der Waals surface area contributed by atoms with Crippen molar-refractivity contribution in [1.82, 2.24) is 0 Å². The van der Waals surface area contributed by atoms with Gasteiger partial charge in [-0.2, -0.15) is 0 Å². The van der Waals surface area contributed by atoms with Gasteiger partial charge in [-0.1, -0.05) is 6.58 Å². The van der Waals surface area contributed by atoms with Gasteiger partial charge in [0.1, 0.15) is 0 Å². The number of nitrogens with two attached hydrogens (primary N) is 3. The van der Waals surface area contributed by atoms with E-state index in [2.05, 4.69) is 11.3 Å². The second-order valence-electron chi connectivity index (χ2n) is 1.14. The van der Waals surface area contributed by atoms with Crippen molar-refractivity contribution in [2.45, 2.75) is 5.97 Å². The summed E-state index contributed by atoms with van der Waals surface area (Å²) in [5, 5.41) is 0. The molecule has 0 radical (unpaired) electrons. The third kappa shape index (κ3) is 5.42. The number of rotatable bonds is 2. The van der Waals surface area contributed by atoms with E-state index < -0.39 is 5.97 Å². The van der Waals surface area contributed by atoms with Crippen LogP contribution in [0.25, 0.3) is 0 Å². The molecule has 0 aromatic rings. The van der Waals surface area contributed by atoms with Crippen LogP contribution in [0.1, 0.15) is 0 Å². The Morgan fingerprint density at radius 1 is 1.43 bits per heavy atom. The van der Waals surface area contributed by atoms with Gasteiger partial charge in [-0.05, 0) is 0 Å². The molecule has 4 heteroatoms. The molecule has 0 atom stereocenters. The van der Waals surface area contributed by atoms with Crippen molar-refractivity contribution in [2.75, 3.05) is 0 Å². The first-order valence-corrected chi connectivity index (χ1v) is 1.71. The normalized spacial score (nSPS) is 10.7. The maximum Gasteiger partial charge on any atom is 0.270 e. The van der Waals surface area contributed by atoms with Crippen LogP contribution in [0.5, 0.6) is 0 Å². The molecule has 0 aromatic heterocycles. The van der Waals surface area contributed by atoms with Gasteiger partial charge < -0.3 is 4.74 Å². The zero-order chi connectivity index (χ0) is 5.91. The van der Waals surface area contributed by atoms with Crippen LogP contribution in [0.4, 0.5) is 0 Å². The van der Waals surface area contributed by atoms with Crippen LogP contribution < -0.4 is 17.2 Å². The van der Waals surface area contributed by atoms with E-state index in [4.69, 9.17) is 17.2 Å². The first-order valence-electron chi connectivity index (χ1n) is 1.71. The third-order valence-corrected chi connectivity index (χ3v) is 0.287. The molecule has 0 heterocycles. The van der Waals surface area contributed by atoms with Crippen molar-refractivity contribution in [3.05, 3.63) is 12.8 Å². The molecular weight excluding hydrogens is 94.1 g/mol. The molecule has 0 amide bonds. The average molecular weight is 103 g/mol. The molecule has 4 nitrogen and oxygen atoms in total. The van der Waals surface area contributed by atoms with E-state index >= 15 is 0 Å². The van der Waals surface area contributed by atoms with Crippen LogP contribution in [-0.4, -0.2) is 5.97 Å². The lowest BCUT2D eigenvalue weighted by Gasteiger charge is -2.15. The molecule has 0 bridgehead atoms. The summed E-state index contributed by atoms with van der Waals surface area (Å²) in [6.07, 6.45) is 1.08. The van der Waals surface area contributed by atoms with E-state index in [1.807, 2.05) is 0 Å². The lowest BCUT2D eigenvalue weighted by Crippen LogP contribution is -2.59. The van der Waals surface area contributed by atoms with Crippen LogP contribution in [0.15, 0.2) is 12.8 Å².